The molecule has 0 amide bonds. The molecule has 2 aliphatic carbocycles. The zero-order valence-corrected chi connectivity index (χ0v) is 15.8. The average molecular weight is 366 g/mol. The number of esters is 1. The third kappa shape index (κ3) is 4.35. The molecule has 1 aliphatic heterocycles. The number of ether oxygens (including phenoxy) is 4. The van der Waals surface area contributed by atoms with E-state index < -0.39 is 0 Å². The van der Waals surface area contributed by atoms with Crippen LogP contribution in [0.2, 0.25) is 0 Å². The van der Waals surface area contributed by atoms with E-state index in [1.54, 1.807) is 6.08 Å². The Balaban J connectivity index is 1.76. The summed E-state index contributed by atoms with van der Waals surface area (Å²) in [7, 11) is 1.43. The summed E-state index contributed by atoms with van der Waals surface area (Å²) in [6.07, 6.45) is 6.38. The number of carbonyl (C=O) groups excluding carboxylic acids is 2. The highest BCUT2D eigenvalue weighted by atomic mass is 16.7. The molecule has 146 valence electrons. The topological polar surface area (TPSA) is 71.1 Å². The number of hydrogen-bond donors (Lipinski definition) is 0. The first-order valence-electron chi connectivity index (χ1n) is 9.79. The molecule has 0 aromatic rings. The highest BCUT2D eigenvalue weighted by Crippen LogP contribution is 2.44. The molecular weight excluding hydrogens is 336 g/mol. The van der Waals surface area contributed by atoms with E-state index in [1.165, 1.54) is 12.7 Å². The number of hydrogen-bond acceptors (Lipinski definition) is 6. The van der Waals surface area contributed by atoms with Gasteiger partial charge in [0.05, 0.1) is 32.3 Å². The largest absolute Gasteiger partial charge is 0.469 e. The fourth-order valence-electron chi connectivity index (χ4n) is 4.69. The summed E-state index contributed by atoms with van der Waals surface area (Å²) >= 11 is 0. The zero-order valence-electron chi connectivity index (χ0n) is 15.8. The fourth-order valence-corrected chi connectivity index (χ4v) is 4.69. The van der Waals surface area contributed by atoms with Crippen molar-refractivity contribution in [2.24, 2.45) is 17.8 Å². The Hall–Kier alpha value is -1.24. The predicted molar refractivity (Wildman–Crippen MR) is 94.4 cm³/mol. The van der Waals surface area contributed by atoms with Gasteiger partial charge in [0.15, 0.2) is 12.1 Å². The molecule has 2 fully saturated rings. The molecule has 0 aromatic heterocycles. The molecule has 0 aromatic carbocycles. The van der Waals surface area contributed by atoms with Crippen molar-refractivity contribution < 1.29 is 28.5 Å². The Morgan fingerprint density at radius 1 is 1.23 bits per heavy atom. The van der Waals surface area contributed by atoms with Gasteiger partial charge in [0.2, 0.25) is 0 Å². The van der Waals surface area contributed by atoms with Crippen LogP contribution in [0.15, 0.2) is 11.6 Å². The highest BCUT2D eigenvalue weighted by molar-refractivity contribution is 5.92. The van der Waals surface area contributed by atoms with E-state index in [2.05, 4.69) is 0 Å². The highest BCUT2D eigenvalue weighted by Gasteiger charge is 2.49. The van der Waals surface area contributed by atoms with Crippen LogP contribution in [-0.2, 0) is 28.5 Å². The van der Waals surface area contributed by atoms with Crippen LogP contribution in [0.25, 0.3) is 0 Å². The van der Waals surface area contributed by atoms with Gasteiger partial charge in [0.25, 0.3) is 0 Å². The lowest BCUT2D eigenvalue weighted by Gasteiger charge is -2.43. The number of rotatable bonds is 7. The van der Waals surface area contributed by atoms with Crippen molar-refractivity contribution in [3.63, 3.8) is 0 Å². The maximum atomic E-state index is 12.6. The standard InChI is InChI=1S/C20H30O6/c1-3-24-16-9-7-14(6-4-13-5-8-15(21)12-13)17(18(16)19(22)23-2)20-25-10-11-26-20/h12,14,16-18,20H,3-11H2,1-2H3/t14?,16-,17+,18-/m0/s1. The quantitative estimate of drug-likeness (QED) is 0.645. The second-order valence-electron chi connectivity index (χ2n) is 7.38. The molecular formula is C20H30O6. The van der Waals surface area contributed by atoms with Crippen LogP contribution in [0.3, 0.4) is 0 Å². The third-order valence-electron chi connectivity index (χ3n) is 5.89. The van der Waals surface area contributed by atoms with E-state index in [1.807, 2.05) is 6.92 Å². The molecule has 6 heteroatoms. The first-order chi connectivity index (χ1) is 12.6. The molecule has 0 spiro atoms. The van der Waals surface area contributed by atoms with Crippen molar-refractivity contribution in [2.75, 3.05) is 26.9 Å². The van der Waals surface area contributed by atoms with E-state index >= 15 is 0 Å². The Bertz CT molecular complexity index is 536. The summed E-state index contributed by atoms with van der Waals surface area (Å²) in [4.78, 5) is 24.1. The Labute approximate surface area is 155 Å². The molecule has 0 N–H and O–H groups in total. The van der Waals surface area contributed by atoms with E-state index in [-0.39, 0.29) is 41.9 Å². The summed E-state index contributed by atoms with van der Waals surface area (Å²) < 4.78 is 22.6. The summed E-state index contributed by atoms with van der Waals surface area (Å²) in [5.41, 5.74) is 1.23. The Morgan fingerprint density at radius 2 is 2.00 bits per heavy atom. The van der Waals surface area contributed by atoms with Crippen LogP contribution >= 0.6 is 0 Å². The molecule has 3 rings (SSSR count). The number of allylic oxidation sites excluding steroid dienone is 2. The lowest BCUT2D eigenvalue weighted by Crippen LogP contribution is -2.49. The van der Waals surface area contributed by atoms with Crippen LogP contribution in [0, 0.1) is 17.8 Å². The lowest BCUT2D eigenvalue weighted by atomic mass is 9.68. The van der Waals surface area contributed by atoms with Crippen molar-refractivity contribution >= 4 is 11.8 Å². The van der Waals surface area contributed by atoms with Gasteiger partial charge >= 0.3 is 5.97 Å². The van der Waals surface area contributed by atoms with Gasteiger partial charge in [-0.2, -0.15) is 0 Å². The second kappa shape index (κ2) is 9.11. The minimum atomic E-state index is -0.383. The molecule has 3 aliphatic rings. The van der Waals surface area contributed by atoms with Crippen molar-refractivity contribution in [1.82, 2.24) is 0 Å². The molecule has 1 unspecified atom stereocenters. The van der Waals surface area contributed by atoms with Crippen molar-refractivity contribution in [2.45, 2.75) is 57.8 Å². The van der Waals surface area contributed by atoms with Gasteiger partial charge in [-0.15, -0.1) is 0 Å². The summed E-state index contributed by atoms with van der Waals surface area (Å²) in [5, 5.41) is 0. The van der Waals surface area contributed by atoms with Crippen LogP contribution in [-0.4, -0.2) is 51.1 Å². The van der Waals surface area contributed by atoms with Gasteiger partial charge in [0.1, 0.15) is 0 Å². The third-order valence-corrected chi connectivity index (χ3v) is 5.89. The minimum absolute atomic E-state index is 0.0760. The molecule has 6 nitrogen and oxygen atoms in total. The maximum Gasteiger partial charge on any atom is 0.311 e. The monoisotopic (exact) mass is 366 g/mol. The Kier molecular flexibility index (Phi) is 6.84. The average Bonchev–Trinajstić information content (AvgIpc) is 3.31. The number of ketones is 1. The predicted octanol–water partition coefficient (Wildman–Crippen LogP) is 2.65. The van der Waals surface area contributed by atoms with Crippen LogP contribution < -0.4 is 0 Å². The van der Waals surface area contributed by atoms with E-state index in [4.69, 9.17) is 18.9 Å². The molecule has 1 heterocycles. The van der Waals surface area contributed by atoms with Gasteiger partial charge in [-0.3, -0.25) is 9.59 Å². The van der Waals surface area contributed by atoms with Crippen molar-refractivity contribution in [3.8, 4) is 0 Å². The van der Waals surface area contributed by atoms with Gasteiger partial charge in [-0.1, -0.05) is 5.57 Å². The molecule has 0 bridgehead atoms. The summed E-state index contributed by atoms with van der Waals surface area (Å²) in [6.45, 7) is 3.62. The summed E-state index contributed by atoms with van der Waals surface area (Å²) in [5.74, 6) is -0.177. The number of carbonyl (C=O) groups is 2. The van der Waals surface area contributed by atoms with Gasteiger partial charge < -0.3 is 18.9 Å². The fraction of sp³-hybridized carbons (Fsp3) is 0.800. The van der Waals surface area contributed by atoms with E-state index in [9.17, 15) is 9.59 Å². The van der Waals surface area contributed by atoms with Crippen molar-refractivity contribution in [1.29, 1.82) is 0 Å². The molecule has 1 saturated heterocycles. The van der Waals surface area contributed by atoms with Crippen molar-refractivity contribution in [3.05, 3.63) is 11.6 Å². The normalized spacial score (nSPS) is 32.7. The summed E-state index contributed by atoms with van der Waals surface area (Å²) in [6, 6.07) is 0. The molecule has 4 atom stereocenters. The van der Waals surface area contributed by atoms with Crippen LogP contribution in [0.5, 0.6) is 0 Å². The molecule has 1 saturated carbocycles. The number of methoxy groups -OCH3 is 1. The zero-order chi connectivity index (χ0) is 18.5. The molecule has 0 radical (unpaired) electrons. The van der Waals surface area contributed by atoms with Gasteiger partial charge in [-0.25, -0.2) is 0 Å². The SMILES string of the molecule is CCO[C@H]1CCC(CCC2=CC(=O)CC2)[C@@H](C2OCCO2)[C@H]1C(=O)OC. The second-order valence-corrected chi connectivity index (χ2v) is 7.38. The van der Waals surface area contributed by atoms with Gasteiger partial charge in [0, 0.05) is 18.9 Å². The van der Waals surface area contributed by atoms with Crippen LogP contribution in [0.1, 0.15) is 45.4 Å². The lowest BCUT2D eigenvalue weighted by molar-refractivity contribution is -0.184. The Morgan fingerprint density at radius 3 is 2.62 bits per heavy atom. The minimum Gasteiger partial charge on any atom is -0.469 e. The smallest absolute Gasteiger partial charge is 0.311 e. The first-order valence-corrected chi connectivity index (χ1v) is 9.79. The molecule has 26 heavy (non-hydrogen) atoms. The van der Waals surface area contributed by atoms with E-state index in [0.717, 1.165) is 32.1 Å². The maximum absolute atomic E-state index is 12.6. The van der Waals surface area contributed by atoms with E-state index in [0.29, 0.717) is 26.2 Å². The van der Waals surface area contributed by atoms with Gasteiger partial charge in [-0.05, 0) is 51.0 Å². The first kappa shape index (κ1) is 19.5. The van der Waals surface area contributed by atoms with Crippen LogP contribution in [0.4, 0.5) is 0 Å².